The average molecular weight is 240 g/mol. The zero-order chi connectivity index (χ0) is 12.9. The number of ether oxygens (including phenoxy) is 1. The van der Waals surface area contributed by atoms with Gasteiger partial charge in [0.1, 0.15) is 5.60 Å². The molecule has 0 saturated heterocycles. The van der Waals surface area contributed by atoms with E-state index >= 15 is 0 Å². The van der Waals surface area contributed by atoms with Crippen molar-refractivity contribution in [1.29, 1.82) is 0 Å². The third-order valence-corrected chi connectivity index (χ3v) is 3.72. The van der Waals surface area contributed by atoms with E-state index in [0.717, 1.165) is 12.8 Å². The van der Waals surface area contributed by atoms with Gasteiger partial charge in [-0.15, -0.1) is 0 Å². The number of primary amides is 1. The molecule has 0 aromatic carbocycles. The molecule has 0 unspecified atom stereocenters. The quantitative estimate of drug-likeness (QED) is 0.763. The van der Waals surface area contributed by atoms with Gasteiger partial charge in [0.15, 0.2) is 0 Å². The number of hydrogen-bond acceptors (Lipinski definition) is 3. The van der Waals surface area contributed by atoms with Crippen LogP contribution in [0.25, 0.3) is 0 Å². The first kappa shape index (κ1) is 12.2. The molecule has 17 heavy (non-hydrogen) atoms. The molecule has 96 valence electrons. The lowest BCUT2D eigenvalue weighted by molar-refractivity contribution is -0.132. The van der Waals surface area contributed by atoms with Crippen LogP contribution in [0.5, 0.6) is 0 Å². The van der Waals surface area contributed by atoms with E-state index in [2.05, 4.69) is 5.32 Å². The fourth-order valence-corrected chi connectivity index (χ4v) is 3.04. The lowest BCUT2D eigenvalue weighted by Gasteiger charge is -2.45. The molecule has 0 spiro atoms. The van der Waals surface area contributed by atoms with Crippen LogP contribution in [-0.4, -0.2) is 23.1 Å². The molecule has 0 aromatic rings. The first-order valence-electron chi connectivity index (χ1n) is 5.98. The van der Waals surface area contributed by atoms with Gasteiger partial charge < -0.3 is 15.8 Å². The predicted octanol–water partition coefficient (Wildman–Crippen LogP) is 1.31. The van der Waals surface area contributed by atoms with Crippen LogP contribution in [0.3, 0.4) is 0 Å². The highest BCUT2D eigenvalue weighted by Gasteiger charge is 2.64. The normalized spacial score (nSPS) is 35.0. The lowest BCUT2D eigenvalue weighted by atomic mass is 9.64. The van der Waals surface area contributed by atoms with Crippen LogP contribution >= 0.6 is 0 Å². The SMILES string of the molecule is CC(C)(C)OC(=O)NC12CCC(C(N)=O)(C1)C2. The monoisotopic (exact) mass is 240 g/mol. The average Bonchev–Trinajstić information content (AvgIpc) is 2.54. The standard InChI is InChI=1S/C12H20N2O3/c1-10(2,3)17-9(16)14-12-5-4-11(6-12,7-12)8(13)15/h4-7H2,1-3H3,(H2,13,15)(H,14,16). The van der Waals surface area contributed by atoms with Crippen molar-refractivity contribution < 1.29 is 14.3 Å². The Hall–Kier alpha value is -1.26. The van der Waals surface area contributed by atoms with E-state index < -0.39 is 11.7 Å². The van der Waals surface area contributed by atoms with E-state index in [-0.39, 0.29) is 16.9 Å². The van der Waals surface area contributed by atoms with E-state index in [4.69, 9.17) is 10.5 Å². The molecular formula is C12H20N2O3. The molecule has 3 rings (SSSR count). The molecule has 0 aliphatic heterocycles. The zero-order valence-corrected chi connectivity index (χ0v) is 10.6. The second kappa shape index (κ2) is 3.37. The first-order chi connectivity index (χ1) is 7.67. The Morgan fingerprint density at radius 1 is 1.24 bits per heavy atom. The first-order valence-corrected chi connectivity index (χ1v) is 5.98. The van der Waals surface area contributed by atoms with Crippen molar-refractivity contribution in [3.8, 4) is 0 Å². The molecular weight excluding hydrogens is 220 g/mol. The molecule has 0 aromatic heterocycles. The van der Waals surface area contributed by atoms with Crippen molar-refractivity contribution in [1.82, 2.24) is 5.32 Å². The fraction of sp³-hybridized carbons (Fsp3) is 0.833. The van der Waals surface area contributed by atoms with Gasteiger partial charge >= 0.3 is 6.09 Å². The summed E-state index contributed by atoms with van der Waals surface area (Å²) in [5.74, 6) is -0.239. The Bertz CT molecular complexity index is 364. The Balaban J connectivity index is 1.91. The summed E-state index contributed by atoms with van der Waals surface area (Å²) in [6.07, 6.45) is 2.51. The molecule has 2 amide bonds. The van der Waals surface area contributed by atoms with Crippen LogP contribution in [0.2, 0.25) is 0 Å². The molecule has 0 heterocycles. The Morgan fingerprint density at radius 2 is 1.82 bits per heavy atom. The number of nitrogens with one attached hydrogen (secondary N) is 1. The van der Waals surface area contributed by atoms with Gasteiger partial charge in [0, 0.05) is 5.54 Å². The van der Waals surface area contributed by atoms with Gasteiger partial charge in [-0.2, -0.15) is 0 Å². The number of amides is 2. The lowest BCUT2D eigenvalue weighted by Crippen LogP contribution is -2.59. The van der Waals surface area contributed by atoms with Crippen LogP contribution < -0.4 is 11.1 Å². The maximum absolute atomic E-state index is 11.7. The summed E-state index contributed by atoms with van der Waals surface area (Å²) in [5, 5.41) is 2.89. The Morgan fingerprint density at radius 3 is 2.24 bits per heavy atom. The van der Waals surface area contributed by atoms with E-state index in [1.54, 1.807) is 0 Å². The zero-order valence-electron chi connectivity index (χ0n) is 10.6. The second-order valence-corrected chi connectivity index (χ2v) is 6.41. The van der Waals surface area contributed by atoms with E-state index in [1.807, 2.05) is 20.8 Å². The van der Waals surface area contributed by atoms with Crippen LogP contribution in [-0.2, 0) is 9.53 Å². The minimum atomic E-state index is -0.496. The molecule has 5 nitrogen and oxygen atoms in total. The van der Waals surface area contributed by atoms with Crippen LogP contribution in [0.15, 0.2) is 0 Å². The summed E-state index contributed by atoms with van der Waals surface area (Å²) in [4.78, 5) is 23.0. The second-order valence-electron chi connectivity index (χ2n) is 6.41. The minimum absolute atomic E-state index is 0.239. The molecule has 3 saturated carbocycles. The van der Waals surface area contributed by atoms with Crippen LogP contribution in [0.4, 0.5) is 4.79 Å². The third-order valence-electron chi connectivity index (χ3n) is 3.72. The third kappa shape index (κ3) is 2.10. The van der Waals surface area contributed by atoms with Gasteiger partial charge in [0.2, 0.25) is 5.91 Å². The summed E-state index contributed by atoms with van der Waals surface area (Å²) >= 11 is 0. The predicted molar refractivity (Wildman–Crippen MR) is 62.2 cm³/mol. The Kier molecular flexibility index (Phi) is 2.42. The summed E-state index contributed by atoms with van der Waals surface area (Å²) in [5.41, 5.74) is 4.26. The highest BCUT2D eigenvalue weighted by atomic mass is 16.6. The van der Waals surface area contributed by atoms with Gasteiger partial charge in [-0.05, 0) is 46.5 Å². The smallest absolute Gasteiger partial charge is 0.408 e. The molecule has 3 aliphatic carbocycles. The van der Waals surface area contributed by atoms with Crippen molar-refractivity contribution in [3.05, 3.63) is 0 Å². The number of fused-ring (bicyclic) bond motifs is 1. The van der Waals surface area contributed by atoms with Crippen molar-refractivity contribution >= 4 is 12.0 Å². The molecule has 0 radical (unpaired) electrons. The summed E-state index contributed by atoms with van der Waals surface area (Å²) in [6.45, 7) is 5.48. The van der Waals surface area contributed by atoms with Gasteiger partial charge in [-0.3, -0.25) is 4.79 Å². The van der Waals surface area contributed by atoms with E-state index in [1.165, 1.54) is 0 Å². The fourth-order valence-electron chi connectivity index (χ4n) is 3.04. The maximum atomic E-state index is 11.7. The molecule has 3 N–H and O–H groups in total. The maximum Gasteiger partial charge on any atom is 0.408 e. The minimum Gasteiger partial charge on any atom is -0.444 e. The number of rotatable bonds is 2. The molecule has 2 bridgehead atoms. The molecule has 5 heteroatoms. The highest BCUT2D eigenvalue weighted by Crippen LogP contribution is 2.61. The van der Waals surface area contributed by atoms with E-state index in [9.17, 15) is 9.59 Å². The molecule has 3 aliphatic rings. The highest BCUT2D eigenvalue weighted by molar-refractivity contribution is 5.84. The van der Waals surface area contributed by atoms with Crippen molar-refractivity contribution in [3.63, 3.8) is 0 Å². The largest absolute Gasteiger partial charge is 0.444 e. The van der Waals surface area contributed by atoms with Crippen molar-refractivity contribution in [2.45, 2.75) is 57.6 Å². The Labute approximate surface area is 101 Å². The molecule has 0 atom stereocenters. The number of hydrogen-bond donors (Lipinski definition) is 2. The van der Waals surface area contributed by atoms with Crippen LogP contribution in [0.1, 0.15) is 46.5 Å². The van der Waals surface area contributed by atoms with E-state index in [0.29, 0.717) is 12.8 Å². The number of nitrogens with two attached hydrogens (primary N) is 1. The number of carbonyl (C=O) groups is 2. The van der Waals surface area contributed by atoms with Crippen molar-refractivity contribution in [2.75, 3.05) is 0 Å². The van der Waals surface area contributed by atoms with Gasteiger partial charge in [-0.1, -0.05) is 0 Å². The van der Waals surface area contributed by atoms with Gasteiger partial charge in [0.25, 0.3) is 0 Å². The van der Waals surface area contributed by atoms with Gasteiger partial charge in [-0.25, -0.2) is 4.79 Å². The molecule has 3 fully saturated rings. The number of carbonyl (C=O) groups excluding carboxylic acids is 2. The summed E-state index contributed by atoms with van der Waals surface area (Å²) < 4.78 is 5.22. The topological polar surface area (TPSA) is 81.4 Å². The summed E-state index contributed by atoms with van der Waals surface area (Å²) in [6, 6.07) is 0. The summed E-state index contributed by atoms with van der Waals surface area (Å²) in [7, 11) is 0. The van der Waals surface area contributed by atoms with Gasteiger partial charge in [0.05, 0.1) is 5.41 Å². The number of alkyl carbamates (subject to hydrolysis) is 1. The van der Waals surface area contributed by atoms with Crippen molar-refractivity contribution in [2.24, 2.45) is 11.1 Å². The van der Waals surface area contributed by atoms with Crippen LogP contribution in [0, 0.1) is 5.41 Å².